The van der Waals surface area contributed by atoms with E-state index in [2.05, 4.69) is 13.8 Å². The fourth-order valence-electron chi connectivity index (χ4n) is 7.97. The number of rotatable bonds is 3. The van der Waals surface area contributed by atoms with Gasteiger partial charge in [0.1, 0.15) is 6.10 Å². The second-order valence-corrected chi connectivity index (χ2v) is 10.7. The topological polar surface area (TPSA) is 102 Å². The maximum Gasteiger partial charge on any atom is 0.303 e. The van der Waals surface area contributed by atoms with Gasteiger partial charge in [0.15, 0.2) is 23.8 Å². The van der Waals surface area contributed by atoms with Gasteiger partial charge < -0.3 is 14.6 Å². The predicted octanol–water partition coefficient (Wildman–Crippen LogP) is 2.56. The molecule has 0 aromatic heterocycles. The van der Waals surface area contributed by atoms with Crippen molar-refractivity contribution in [2.75, 3.05) is 6.61 Å². The van der Waals surface area contributed by atoms with Gasteiger partial charge in [-0.3, -0.25) is 14.4 Å². The molecule has 5 aliphatic rings. The van der Waals surface area contributed by atoms with Gasteiger partial charge in [-0.15, -0.1) is 0 Å². The van der Waals surface area contributed by atoms with Gasteiger partial charge in [0.25, 0.3) is 0 Å². The summed E-state index contributed by atoms with van der Waals surface area (Å²) in [7, 11) is 0. The van der Waals surface area contributed by atoms with Crippen molar-refractivity contribution in [2.45, 2.75) is 71.1 Å². The van der Waals surface area contributed by atoms with Crippen LogP contribution in [0, 0.1) is 28.6 Å². The highest BCUT2D eigenvalue weighted by Gasteiger charge is 2.74. The number of carbonyl (C=O) groups excluding carboxylic acids is 3. The van der Waals surface area contributed by atoms with Crippen molar-refractivity contribution in [1.82, 2.24) is 0 Å². The highest BCUT2D eigenvalue weighted by atomic mass is 16.5. The Hall–Kier alpha value is -2.28. The van der Waals surface area contributed by atoms with E-state index in [1.54, 1.807) is 19.1 Å². The molecule has 1 N–H and O–H groups in total. The number of ketones is 2. The molecule has 32 heavy (non-hydrogen) atoms. The number of carbonyl (C=O) groups is 3. The SMILES string of the molecule is CC(=O)OCC(=O)[C@@]12N=C(C)O[C@@H]1CC1C3CCC4=CC(=O)C=C[C@]4(C)[C@H]3[C@@H](O)C[C@@]12C. The Morgan fingerprint density at radius 1 is 1.34 bits per heavy atom. The molecule has 0 aromatic carbocycles. The molecule has 0 saturated heterocycles. The molecule has 0 spiro atoms. The van der Waals surface area contributed by atoms with Gasteiger partial charge in [0.2, 0.25) is 5.78 Å². The second-order valence-electron chi connectivity index (χ2n) is 10.7. The summed E-state index contributed by atoms with van der Waals surface area (Å²) in [5.74, 6) is -0.0140. The molecular formula is C25H31NO6. The summed E-state index contributed by atoms with van der Waals surface area (Å²) in [6, 6.07) is 0. The van der Waals surface area contributed by atoms with Crippen LogP contribution in [-0.4, -0.2) is 52.9 Å². The summed E-state index contributed by atoms with van der Waals surface area (Å²) >= 11 is 0. The van der Waals surface area contributed by atoms with Crippen molar-refractivity contribution in [3.63, 3.8) is 0 Å². The molecule has 0 radical (unpaired) electrons. The fraction of sp³-hybridized carbons (Fsp3) is 0.680. The molecule has 0 aromatic rings. The zero-order valence-electron chi connectivity index (χ0n) is 19.1. The van der Waals surface area contributed by atoms with E-state index in [1.165, 1.54) is 6.92 Å². The van der Waals surface area contributed by atoms with Gasteiger partial charge >= 0.3 is 5.97 Å². The Labute approximate surface area is 187 Å². The maximum atomic E-state index is 13.5. The molecule has 1 aliphatic heterocycles. The fourth-order valence-corrected chi connectivity index (χ4v) is 7.97. The van der Waals surface area contributed by atoms with Crippen molar-refractivity contribution < 1.29 is 29.0 Å². The van der Waals surface area contributed by atoms with Crippen LogP contribution in [0.2, 0.25) is 0 Å². The molecule has 172 valence electrons. The Bertz CT molecular complexity index is 996. The zero-order chi connectivity index (χ0) is 23.1. The van der Waals surface area contributed by atoms with E-state index < -0.39 is 29.1 Å². The van der Waals surface area contributed by atoms with E-state index in [0.717, 1.165) is 18.4 Å². The second kappa shape index (κ2) is 6.86. The molecule has 0 bridgehead atoms. The normalized spacial score (nSPS) is 46.2. The van der Waals surface area contributed by atoms with Crippen LogP contribution in [0.15, 0.2) is 28.8 Å². The van der Waals surface area contributed by atoms with Gasteiger partial charge in [-0.05, 0) is 49.7 Å². The minimum Gasteiger partial charge on any atom is -0.475 e. The van der Waals surface area contributed by atoms with E-state index in [4.69, 9.17) is 14.5 Å². The highest BCUT2D eigenvalue weighted by Crippen LogP contribution is 2.69. The summed E-state index contributed by atoms with van der Waals surface area (Å²) in [5.41, 5.74) is -1.04. The summed E-state index contributed by atoms with van der Waals surface area (Å²) in [6.07, 6.45) is 7.01. The minimum absolute atomic E-state index is 0.00898. The van der Waals surface area contributed by atoms with Crippen LogP contribution < -0.4 is 0 Å². The average Bonchev–Trinajstić information content (AvgIpc) is 3.17. The van der Waals surface area contributed by atoms with Gasteiger partial charge in [0, 0.05) is 30.6 Å². The van der Waals surface area contributed by atoms with Crippen LogP contribution in [0.1, 0.15) is 53.4 Å². The Balaban J connectivity index is 1.56. The molecule has 4 aliphatic carbocycles. The highest BCUT2D eigenvalue weighted by molar-refractivity contribution is 6.01. The van der Waals surface area contributed by atoms with E-state index in [-0.39, 0.29) is 41.3 Å². The average molecular weight is 442 g/mol. The first kappa shape index (κ1) is 21.6. The number of aliphatic hydroxyl groups excluding tert-OH is 1. The van der Waals surface area contributed by atoms with Gasteiger partial charge in [-0.2, -0.15) is 0 Å². The third-order valence-electron chi connectivity index (χ3n) is 9.17. The molecule has 3 fully saturated rings. The molecule has 7 nitrogen and oxygen atoms in total. The maximum absolute atomic E-state index is 13.5. The molecule has 2 unspecified atom stereocenters. The quantitative estimate of drug-likeness (QED) is 0.676. The first-order valence-electron chi connectivity index (χ1n) is 11.5. The lowest BCUT2D eigenvalue weighted by molar-refractivity contribution is -0.155. The summed E-state index contributed by atoms with van der Waals surface area (Å²) in [4.78, 5) is 41.7. The van der Waals surface area contributed by atoms with Crippen molar-refractivity contribution >= 4 is 23.4 Å². The number of Topliss-reactive ketones (excluding diaryl/α,β-unsaturated/α-hetero) is 1. The molecule has 0 amide bonds. The number of aliphatic hydroxyl groups is 1. The summed E-state index contributed by atoms with van der Waals surface area (Å²) in [5, 5.41) is 11.6. The third kappa shape index (κ3) is 2.63. The molecular weight excluding hydrogens is 410 g/mol. The molecule has 8 atom stereocenters. The number of hydrogen-bond acceptors (Lipinski definition) is 7. The Kier molecular flexibility index (Phi) is 4.62. The van der Waals surface area contributed by atoms with Crippen molar-refractivity contribution in [3.05, 3.63) is 23.8 Å². The van der Waals surface area contributed by atoms with Crippen molar-refractivity contribution in [2.24, 2.45) is 33.6 Å². The standard InChI is InChI=1S/C25H31NO6/c1-13-26-25(20(30)12-31-14(2)27)21(32-13)10-18-17-6-5-15-9-16(28)7-8-23(15,3)22(17)19(29)11-24(18,25)4/h7-9,17-19,21-22,29H,5-6,10-12H2,1-4H3/t17?,18?,19-,21+,22+,23-,24-,25+/m0/s1. The van der Waals surface area contributed by atoms with Crippen molar-refractivity contribution in [1.29, 1.82) is 0 Å². The number of ether oxygens (including phenoxy) is 2. The number of allylic oxidation sites excluding steroid dienone is 4. The smallest absolute Gasteiger partial charge is 0.303 e. The number of esters is 1. The van der Waals surface area contributed by atoms with Gasteiger partial charge in [0.05, 0.1) is 6.10 Å². The van der Waals surface area contributed by atoms with Gasteiger partial charge in [-0.25, -0.2) is 4.99 Å². The van der Waals surface area contributed by atoms with Crippen LogP contribution in [0.4, 0.5) is 0 Å². The lowest BCUT2D eigenvalue weighted by Gasteiger charge is -2.59. The van der Waals surface area contributed by atoms with Crippen LogP contribution >= 0.6 is 0 Å². The number of hydrogen-bond donors (Lipinski definition) is 1. The molecule has 7 heteroatoms. The van der Waals surface area contributed by atoms with Crippen LogP contribution in [-0.2, 0) is 23.9 Å². The summed E-state index contributed by atoms with van der Waals surface area (Å²) < 4.78 is 11.2. The lowest BCUT2D eigenvalue weighted by atomic mass is 9.46. The lowest BCUT2D eigenvalue weighted by Crippen LogP contribution is -2.62. The number of aliphatic imine (C=N–C) groups is 1. The van der Waals surface area contributed by atoms with E-state index in [1.807, 2.05) is 6.08 Å². The van der Waals surface area contributed by atoms with Crippen LogP contribution in [0.3, 0.4) is 0 Å². The summed E-state index contributed by atoms with van der Waals surface area (Å²) in [6.45, 7) is 6.88. The first-order valence-corrected chi connectivity index (χ1v) is 11.5. The predicted molar refractivity (Wildman–Crippen MR) is 116 cm³/mol. The third-order valence-corrected chi connectivity index (χ3v) is 9.17. The monoisotopic (exact) mass is 441 g/mol. The van der Waals surface area contributed by atoms with Crippen molar-refractivity contribution in [3.8, 4) is 0 Å². The zero-order valence-corrected chi connectivity index (χ0v) is 19.1. The van der Waals surface area contributed by atoms with E-state index in [9.17, 15) is 19.5 Å². The minimum atomic E-state index is -1.15. The molecule has 1 heterocycles. The molecule has 3 saturated carbocycles. The first-order chi connectivity index (χ1) is 15.0. The van der Waals surface area contributed by atoms with E-state index >= 15 is 0 Å². The van der Waals surface area contributed by atoms with Crippen LogP contribution in [0.25, 0.3) is 0 Å². The number of nitrogens with zero attached hydrogens (tertiary/aromatic N) is 1. The van der Waals surface area contributed by atoms with Gasteiger partial charge in [-0.1, -0.05) is 25.5 Å². The Morgan fingerprint density at radius 2 is 2.09 bits per heavy atom. The van der Waals surface area contributed by atoms with E-state index in [0.29, 0.717) is 18.7 Å². The molecule has 5 rings (SSSR count). The van der Waals surface area contributed by atoms with Crippen LogP contribution in [0.5, 0.6) is 0 Å². The largest absolute Gasteiger partial charge is 0.475 e. The Morgan fingerprint density at radius 3 is 2.81 bits per heavy atom. The number of fused-ring (bicyclic) bond motifs is 7.